The largest absolute Gasteiger partial charge is 0.327 e. The van der Waals surface area contributed by atoms with E-state index in [1.165, 1.54) is 25.0 Å². The van der Waals surface area contributed by atoms with Crippen LogP contribution >= 0.6 is 23.4 Å². The molecule has 1 aromatic heterocycles. The molecule has 0 aliphatic carbocycles. The van der Waals surface area contributed by atoms with Gasteiger partial charge in [0.1, 0.15) is 17.4 Å². The second kappa shape index (κ2) is 6.72. The molecule has 1 aromatic carbocycles. The summed E-state index contributed by atoms with van der Waals surface area (Å²) in [5.74, 6) is 2.82. The summed E-state index contributed by atoms with van der Waals surface area (Å²) in [5, 5.41) is 9.91. The highest BCUT2D eigenvalue weighted by molar-refractivity contribution is 7.99. The summed E-state index contributed by atoms with van der Waals surface area (Å²) in [7, 11) is 0. The van der Waals surface area contributed by atoms with Gasteiger partial charge in [0.05, 0.1) is 11.1 Å². The lowest BCUT2D eigenvalue weighted by Crippen LogP contribution is -2.18. The fourth-order valence-electron chi connectivity index (χ4n) is 2.92. The van der Waals surface area contributed by atoms with Crippen LogP contribution in [0.3, 0.4) is 0 Å². The molecule has 1 aliphatic rings. The number of imidazole rings is 1. The Bertz CT molecular complexity index is 668. The average molecular weight is 320 g/mol. The van der Waals surface area contributed by atoms with Crippen molar-refractivity contribution in [1.82, 2.24) is 9.55 Å². The van der Waals surface area contributed by atoms with Crippen molar-refractivity contribution in [2.45, 2.75) is 37.5 Å². The van der Waals surface area contributed by atoms with Crippen LogP contribution in [-0.2, 0) is 13.0 Å². The third-order valence-electron chi connectivity index (χ3n) is 3.96. The van der Waals surface area contributed by atoms with E-state index in [0.717, 1.165) is 29.8 Å². The van der Waals surface area contributed by atoms with E-state index in [4.69, 9.17) is 11.6 Å². The lowest BCUT2D eigenvalue weighted by molar-refractivity contribution is 0.577. The third kappa shape index (κ3) is 3.04. The van der Waals surface area contributed by atoms with Crippen molar-refractivity contribution in [2.75, 3.05) is 11.6 Å². The molecule has 21 heavy (non-hydrogen) atoms. The highest BCUT2D eigenvalue weighted by atomic mass is 35.5. The van der Waals surface area contributed by atoms with Crippen LogP contribution in [0.2, 0.25) is 0 Å². The maximum atomic E-state index is 9.26. The van der Waals surface area contributed by atoms with Gasteiger partial charge < -0.3 is 4.57 Å². The standard InChI is InChI=1S/C16H18ClN3S/c17-8-7-15-19-16-12(10-18)4-3-6-14(16)20(15)11-13-5-1-2-9-21-13/h3-4,6,13H,1-2,5,7-9,11H2. The summed E-state index contributed by atoms with van der Waals surface area (Å²) >= 11 is 7.99. The molecular weight excluding hydrogens is 302 g/mol. The monoisotopic (exact) mass is 319 g/mol. The molecule has 3 rings (SSSR count). The Balaban J connectivity index is 2.01. The minimum atomic E-state index is 0.559. The normalized spacial score (nSPS) is 18.8. The lowest BCUT2D eigenvalue weighted by Gasteiger charge is -2.22. The molecule has 0 saturated carbocycles. The number of fused-ring (bicyclic) bond motifs is 1. The molecule has 1 aliphatic heterocycles. The van der Waals surface area contributed by atoms with Crippen molar-refractivity contribution in [1.29, 1.82) is 5.26 Å². The quantitative estimate of drug-likeness (QED) is 0.801. The molecule has 1 atom stereocenters. The number of benzene rings is 1. The first-order valence-electron chi connectivity index (χ1n) is 7.39. The van der Waals surface area contributed by atoms with Crippen molar-refractivity contribution < 1.29 is 0 Å². The number of rotatable bonds is 4. The number of thioether (sulfide) groups is 1. The topological polar surface area (TPSA) is 41.6 Å². The zero-order valence-corrected chi connectivity index (χ0v) is 13.5. The summed E-state index contributed by atoms with van der Waals surface area (Å²) in [5.41, 5.74) is 2.54. The maximum absolute atomic E-state index is 9.26. The fourth-order valence-corrected chi connectivity index (χ4v) is 4.38. The van der Waals surface area contributed by atoms with Crippen molar-refractivity contribution in [3.63, 3.8) is 0 Å². The molecule has 0 radical (unpaired) electrons. The number of aryl methyl sites for hydroxylation is 1. The molecule has 110 valence electrons. The van der Waals surface area contributed by atoms with E-state index in [1.54, 1.807) is 0 Å². The molecule has 0 N–H and O–H groups in total. The second-order valence-corrected chi connectivity index (χ2v) is 7.14. The van der Waals surface area contributed by atoms with Crippen LogP contribution in [0.1, 0.15) is 30.7 Å². The number of alkyl halides is 1. The van der Waals surface area contributed by atoms with Crippen molar-refractivity contribution in [2.24, 2.45) is 0 Å². The van der Waals surface area contributed by atoms with Gasteiger partial charge in [-0.3, -0.25) is 0 Å². The Morgan fingerprint density at radius 1 is 1.43 bits per heavy atom. The van der Waals surface area contributed by atoms with Crippen LogP contribution in [0.25, 0.3) is 11.0 Å². The van der Waals surface area contributed by atoms with Gasteiger partial charge in [-0.2, -0.15) is 17.0 Å². The summed E-state index contributed by atoms with van der Waals surface area (Å²) in [6.07, 6.45) is 4.67. The van der Waals surface area contributed by atoms with Crippen LogP contribution in [0.4, 0.5) is 0 Å². The molecule has 1 unspecified atom stereocenters. The Kier molecular flexibility index (Phi) is 4.72. The molecule has 5 heteroatoms. The van der Waals surface area contributed by atoms with E-state index in [-0.39, 0.29) is 0 Å². The number of nitriles is 1. The zero-order chi connectivity index (χ0) is 14.7. The Morgan fingerprint density at radius 2 is 2.33 bits per heavy atom. The minimum absolute atomic E-state index is 0.559. The molecule has 3 nitrogen and oxygen atoms in total. The predicted octanol–water partition coefficient (Wildman–Crippen LogP) is 3.97. The molecule has 0 spiro atoms. The third-order valence-corrected chi connectivity index (χ3v) is 5.53. The summed E-state index contributed by atoms with van der Waals surface area (Å²) in [4.78, 5) is 4.69. The van der Waals surface area contributed by atoms with Crippen LogP contribution in [0, 0.1) is 11.3 Å². The van der Waals surface area contributed by atoms with Crippen LogP contribution < -0.4 is 0 Å². The molecular formula is C16H18ClN3S. The maximum Gasteiger partial charge on any atom is 0.111 e. The van der Waals surface area contributed by atoms with E-state index >= 15 is 0 Å². The van der Waals surface area contributed by atoms with E-state index in [0.29, 0.717) is 16.7 Å². The van der Waals surface area contributed by atoms with Gasteiger partial charge in [-0.1, -0.05) is 12.5 Å². The SMILES string of the molecule is N#Cc1cccc2c1nc(CCCl)n2CC1CCCCS1. The molecule has 1 saturated heterocycles. The van der Waals surface area contributed by atoms with E-state index in [2.05, 4.69) is 33.4 Å². The van der Waals surface area contributed by atoms with Crippen molar-refractivity contribution >= 4 is 34.4 Å². The molecule has 0 bridgehead atoms. The molecule has 0 amide bonds. The second-order valence-electron chi connectivity index (χ2n) is 5.35. The number of nitrogens with zero attached hydrogens (tertiary/aromatic N) is 3. The highest BCUT2D eigenvalue weighted by Gasteiger charge is 2.19. The van der Waals surface area contributed by atoms with Gasteiger partial charge in [0.25, 0.3) is 0 Å². The number of aromatic nitrogens is 2. The van der Waals surface area contributed by atoms with Gasteiger partial charge in [0.2, 0.25) is 0 Å². The highest BCUT2D eigenvalue weighted by Crippen LogP contribution is 2.29. The van der Waals surface area contributed by atoms with Crippen LogP contribution in [-0.4, -0.2) is 26.4 Å². The van der Waals surface area contributed by atoms with E-state index < -0.39 is 0 Å². The van der Waals surface area contributed by atoms with Crippen molar-refractivity contribution in [3.05, 3.63) is 29.6 Å². The van der Waals surface area contributed by atoms with Gasteiger partial charge >= 0.3 is 0 Å². The lowest BCUT2D eigenvalue weighted by atomic mass is 10.1. The Labute approximate surface area is 134 Å². The van der Waals surface area contributed by atoms with Crippen molar-refractivity contribution in [3.8, 4) is 6.07 Å². The Hall–Kier alpha value is -1.18. The number of halogens is 1. The summed E-state index contributed by atoms with van der Waals surface area (Å²) in [6.45, 7) is 0.974. The van der Waals surface area contributed by atoms with Gasteiger partial charge in [0.15, 0.2) is 0 Å². The van der Waals surface area contributed by atoms with Crippen LogP contribution in [0.5, 0.6) is 0 Å². The average Bonchev–Trinajstić information content (AvgIpc) is 2.87. The van der Waals surface area contributed by atoms with E-state index in [1.807, 2.05) is 12.1 Å². The van der Waals surface area contributed by atoms with Gasteiger partial charge in [-0.05, 0) is 30.7 Å². The first-order chi connectivity index (χ1) is 10.3. The number of hydrogen-bond donors (Lipinski definition) is 0. The minimum Gasteiger partial charge on any atom is -0.327 e. The zero-order valence-electron chi connectivity index (χ0n) is 11.9. The smallest absolute Gasteiger partial charge is 0.111 e. The molecule has 2 heterocycles. The molecule has 2 aromatic rings. The molecule has 1 fully saturated rings. The Morgan fingerprint density at radius 3 is 3.05 bits per heavy atom. The fraction of sp³-hybridized carbons (Fsp3) is 0.500. The number of hydrogen-bond acceptors (Lipinski definition) is 3. The number of para-hydroxylation sites is 1. The van der Waals surface area contributed by atoms with Gasteiger partial charge in [0, 0.05) is 24.1 Å². The summed E-state index contributed by atoms with van der Waals surface area (Å²) in [6, 6.07) is 8.08. The summed E-state index contributed by atoms with van der Waals surface area (Å²) < 4.78 is 2.28. The van der Waals surface area contributed by atoms with Gasteiger partial charge in [-0.25, -0.2) is 4.98 Å². The van der Waals surface area contributed by atoms with E-state index in [9.17, 15) is 5.26 Å². The van der Waals surface area contributed by atoms with Crippen LogP contribution in [0.15, 0.2) is 18.2 Å². The first-order valence-corrected chi connectivity index (χ1v) is 8.97. The van der Waals surface area contributed by atoms with Gasteiger partial charge in [-0.15, -0.1) is 11.6 Å². The predicted molar refractivity (Wildman–Crippen MR) is 89.0 cm³/mol. The first kappa shape index (κ1) is 14.7.